The molecule has 3 rings (SSSR count). The first-order valence-corrected chi connectivity index (χ1v) is 7.49. The number of anilines is 1. The molecule has 1 aliphatic rings. The monoisotopic (exact) mass is 279 g/mol. The number of aromatic amines is 1. The molecule has 0 atom stereocenters. The van der Waals surface area contributed by atoms with Gasteiger partial charge in [0.2, 0.25) is 0 Å². The quantitative estimate of drug-likeness (QED) is 0.871. The fourth-order valence-electron chi connectivity index (χ4n) is 3.10. The Morgan fingerprint density at radius 1 is 1.19 bits per heavy atom. The third kappa shape index (κ3) is 2.59. The highest BCUT2D eigenvalue weighted by molar-refractivity contribution is 5.78. The molecule has 2 aromatic rings. The van der Waals surface area contributed by atoms with Gasteiger partial charge in [0.05, 0.1) is 0 Å². The Labute approximate surface area is 124 Å². The molecule has 0 bridgehead atoms. The van der Waals surface area contributed by atoms with Crippen LogP contribution < -0.4 is 10.7 Å². The lowest BCUT2D eigenvalue weighted by Gasteiger charge is -2.18. The number of nitriles is 1. The van der Waals surface area contributed by atoms with E-state index in [1.165, 1.54) is 18.4 Å². The Morgan fingerprint density at radius 3 is 2.71 bits per heavy atom. The first kappa shape index (κ1) is 13.6. The minimum absolute atomic E-state index is 0.357. The first-order chi connectivity index (χ1) is 10.3. The van der Waals surface area contributed by atoms with Crippen LogP contribution in [-0.2, 0) is 12.8 Å². The molecule has 0 amide bonds. The van der Waals surface area contributed by atoms with Crippen molar-refractivity contribution in [2.24, 2.45) is 0 Å². The molecule has 0 unspecified atom stereocenters. The van der Waals surface area contributed by atoms with E-state index in [1.54, 1.807) is 0 Å². The zero-order valence-electron chi connectivity index (χ0n) is 12.0. The summed E-state index contributed by atoms with van der Waals surface area (Å²) in [6.45, 7) is 0. The van der Waals surface area contributed by atoms with Crippen LogP contribution in [0.25, 0.3) is 11.1 Å². The van der Waals surface area contributed by atoms with Crippen molar-refractivity contribution in [1.29, 1.82) is 5.26 Å². The SMILES string of the molecule is N#Cc1c(N)nc2c(c1-c1ccc[nH+]c1)CCCCCC2. The van der Waals surface area contributed by atoms with E-state index in [9.17, 15) is 5.26 Å². The molecule has 106 valence electrons. The topological polar surface area (TPSA) is 76.8 Å². The van der Waals surface area contributed by atoms with E-state index < -0.39 is 0 Å². The normalized spacial score (nSPS) is 14.6. The van der Waals surface area contributed by atoms with Crippen LogP contribution in [0.4, 0.5) is 5.82 Å². The summed E-state index contributed by atoms with van der Waals surface area (Å²) >= 11 is 0. The molecule has 4 heteroatoms. The minimum atomic E-state index is 0.357. The van der Waals surface area contributed by atoms with Crippen LogP contribution in [0.15, 0.2) is 24.5 Å². The number of fused-ring (bicyclic) bond motifs is 1. The van der Waals surface area contributed by atoms with Crippen LogP contribution >= 0.6 is 0 Å². The van der Waals surface area contributed by atoms with Gasteiger partial charge < -0.3 is 5.73 Å². The van der Waals surface area contributed by atoms with Gasteiger partial charge in [0.1, 0.15) is 17.5 Å². The molecule has 2 aromatic heterocycles. The fourth-order valence-corrected chi connectivity index (χ4v) is 3.10. The first-order valence-electron chi connectivity index (χ1n) is 7.49. The van der Waals surface area contributed by atoms with E-state index in [4.69, 9.17) is 5.73 Å². The van der Waals surface area contributed by atoms with Crippen molar-refractivity contribution in [3.8, 4) is 17.2 Å². The third-order valence-electron chi connectivity index (χ3n) is 4.11. The standard InChI is InChI=1S/C17H18N4/c18-10-14-16(12-6-5-9-20-11-12)13-7-3-1-2-4-8-15(13)21-17(14)19/h5-6,9,11H,1-4,7-8H2,(H2,19,21)/p+1. The summed E-state index contributed by atoms with van der Waals surface area (Å²) in [5.74, 6) is 0.357. The number of hydrogen-bond acceptors (Lipinski definition) is 3. The maximum Gasteiger partial charge on any atom is 0.174 e. The van der Waals surface area contributed by atoms with Crippen LogP contribution in [0, 0.1) is 11.3 Å². The van der Waals surface area contributed by atoms with E-state index in [-0.39, 0.29) is 0 Å². The maximum atomic E-state index is 9.51. The van der Waals surface area contributed by atoms with Gasteiger partial charge in [-0.15, -0.1) is 0 Å². The Kier molecular flexibility index (Phi) is 3.83. The summed E-state index contributed by atoms with van der Waals surface area (Å²) in [6, 6.07) is 6.21. The molecular weight excluding hydrogens is 260 g/mol. The van der Waals surface area contributed by atoms with Crippen molar-refractivity contribution >= 4 is 5.82 Å². The van der Waals surface area contributed by atoms with E-state index in [0.29, 0.717) is 11.4 Å². The molecule has 4 nitrogen and oxygen atoms in total. The average molecular weight is 279 g/mol. The van der Waals surface area contributed by atoms with Gasteiger partial charge in [-0.1, -0.05) is 12.8 Å². The average Bonchev–Trinajstić information content (AvgIpc) is 2.49. The summed E-state index contributed by atoms with van der Waals surface area (Å²) in [6.07, 6.45) is 10.5. The zero-order chi connectivity index (χ0) is 14.7. The number of nitrogen functional groups attached to an aromatic ring is 1. The van der Waals surface area contributed by atoms with Crippen LogP contribution in [0.5, 0.6) is 0 Å². The van der Waals surface area contributed by atoms with E-state index in [0.717, 1.165) is 42.5 Å². The minimum Gasteiger partial charge on any atom is -0.383 e. The summed E-state index contributed by atoms with van der Waals surface area (Å²) in [4.78, 5) is 7.61. The third-order valence-corrected chi connectivity index (χ3v) is 4.11. The number of H-pyrrole nitrogens is 1. The fraction of sp³-hybridized carbons (Fsp3) is 0.353. The molecule has 0 saturated heterocycles. The van der Waals surface area contributed by atoms with Gasteiger partial charge in [-0.25, -0.2) is 9.97 Å². The number of nitrogens with one attached hydrogen (secondary N) is 1. The zero-order valence-corrected chi connectivity index (χ0v) is 12.0. The van der Waals surface area contributed by atoms with Crippen LogP contribution in [0.2, 0.25) is 0 Å². The Bertz CT molecular complexity index is 686. The molecule has 0 saturated carbocycles. The van der Waals surface area contributed by atoms with Crippen molar-refractivity contribution in [3.63, 3.8) is 0 Å². The predicted molar refractivity (Wildman–Crippen MR) is 81.2 cm³/mol. The van der Waals surface area contributed by atoms with Gasteiger partial charge in [-0.05, 0) is 37.3 Å². The molecule has 0 fully saturated rings. The number of nitrogens with zero attached hydrogens (tertiary/aromatic N) is 2. The van der Waals surface area contributed by atoms with Gasteiger partial charge in [0, 0.05) is 22.9 Å². The molecule has 0 aromatic carbocycles. The van der Waals surface area contributed by atoms with E-state index >= 15 is 0 Å². The smallest absolute Gasteiger partial charge is 0.174 e. The second-order valence-corrected chi connectivity index (χ2v) is 5.49. The van der Waals surface area contributed by atoms with Gasteiger partial charge >= 0.3 is 0 Å². The number of hydrogen-bond donors (Lipinski definition) is 1. The Morgan fingerprint density at radius 2 is 2.00 bits per heavy atom. The van der Waals surface area contributed by atoms with Gasteiger partial charge in [0.25, 0.3) is 0 Å². The largest absolute Gasteiger partial charge is 0.383 e. The highest BCUT2D eigenvalue weighted by atomic mass is 14.9. The van der Waals surface area contributed by atoms with Gasteiger partial charge in [0.15, 0.2) is 12.4 Å². The van der Waals surface area contributed by atoms with E-state index in [2.05, 4.69) is 16.0 Å². The van der Waals surface area contributed by atoms with Crippen LogP contribution in [0.1, 0.15) is 42.5 Å². The molecule has 0 radical (unpaired) electrons. The molecular formula is C17H19N4+. The summed E-state index contributed by atoms with van der Waals surface area (Å²) in [7, 11) is 0. The lowest BCUT2D eigenvalue weighted by atomic mass is 9.88. The maximum absolute atomic E-state index is 9.51. The van der Waals surface area contributed by atoms with Crippen molar-refractivity contribution < 1.29 is 4.98 Å². The van der Waals surface area contributed by atoms with Gasteiger partial charge in [-0.2, -0.15) is 5.26 Å². The predicted octanol–water partition coefficient (Wildman–Crippen LogP) is 2.68. The van der Waals surface area contributed by atoms with Crippen molar-refractivity contribution in [2.45, 2.75) is 38.5 Å². The number of aryl methyl sites for hydroxylation is 1. The van der Waals surface area contributed by atoms with Crippen molar-refractivity contribution in [1.82, 2.24) is 4.98 Å². The number of rotatable bonds is 1. The Hall–Kier alpha value is -2.41. The van der Waals surface area contributed by atoms with Crippen LogP contribution in [-0.4, -0.2) is 4.98 Å². The molecule has 2 heterocycles. The molecule has 3 N–H and O–H groups in total. The highest BCUT2D eigenvalue weighted by Gasteiger charge is 2.21. The van der Waals surface area contributed by atoms with Crippen molar-refractivity contribution in [3.05, 3.63) is 41.3 Å². The second kappa shape index (κ2) is 5.92. The molecule has 0 spiro atoms. The summed E-state index contributed by atoms with van der Waals surface area (Å²) in [5.41, 5.74) is 10.8. The van der Waals surface area contributed by atoms with Gasteiger partial charge in [-0.3, -0.25) is 0 Å². The van der Waals surface area contributed by atoms with E-state index in [1.807, 2.05) is 24.5 Å². The summed E-state index contributed by atoms with van der Waals surface area (Å²) in [5, 5.41) is 9.51. The molecule has 21 heavy (non-hydrogen) atoms. The summed E-state index contributed by atoms with van der Waals surface area (Å²) < 4.78 is 0. The second-order valence-electron chi connectivity index (χ2n) is 5.49. The Balaban J connectivity index is 2.26. The molecule has 0 aliphatic heterocycles. The number of nitrogens with two attached hydrogens (primary N) is 1. The molecule has 1 aliphatic carbocycles. The number of aromatic nitrogens is 2. The highest BCUT2D eigenvalue weighted by Crippen LogP contribution is 2.34. The van der Waals surface area contributed by atoms with Crippen molar-refractivity contribution in [2.75, 3.05) is 5.73 Å². The number of pyridine rings is 2. The lowest BCUT2D eigenvalue weighted by molar-refractivity contribution is -0.377. The van der Waals surface area contributed by atoms with Crippen LogP contribution in [0.3, 0.4) is 0 Å². The lowest BCUT2D eigenvalue weighted by Crippen LogP contribution is -2.11.